The van der Waals surface area contributed by atoms with Crippen molar-refractivity contribution in [3.63, 3.8) is 0 Å². The van der Waals surface area contributed by atoms with Crippen LogP contribution in [0.1, 0.15) is 39.4 Å². The normalized spacial score (nSPS) is 19.7. The van der Waals surface area contributed by atoms with Crippen LogP contribution in [0.15, 0.2) is 17.4 Å². The Hall–Kier alpha value is -1.08. The van der Waals surface area contributed by atoms with Crippen LogP contribution >= 0.6 is 24.0 Å². The second-order valence-electron chi connectivity index (χ2n) is 7.32. The second kappa shape index (κ2) is 11.5. The van der Waals surface area contributed by atoms with Gasteiger partial charge in [-0.25, -0.2) is 4.98 Å². The van der Waals surface area contributed by atoms with Gasteiger partial charge in [0.2, 0.25) is 5.60 Å². The van der Waals surface area contributed by atoms with Crippen molar-refractivity contribution in [2.45, 2.75) is 51.4 Å². The molecule has 2 unspecified atom stereocenters. The summed E-state index contributed by atoms with van der Waals surface area (Å²) in [6.45, 7) is 10.1. The van der Waals surface area contributed by atoms with Crippen LogP contribution in [0.4, 0.5) is 13.2 Å². The van der Waals surface area contributed by atoms with Crippen molar-refractivity contribution >= 4 is 29.9 Å². The van der Waals surface area contributed by atoms with Crippen molar-refractivity contribution in [1.29, 1.82) is 0 Å². The topological polar surface area (TPSA) is 68.9 Å². The van der Waals surface area contributed by atoms with E-state index in [-0.39, 0.29) is 30.5 Å². The zero-order valence-electron chi connectivity index (χ0n) is 18.1. The first-order valence-electron chi connectivity index (χ1n) is 10.2. The lowest BCUT2D eigenvalue weighted by Crippen LogP contribution is -2.46. The number of hydrogen-bond acceptors (Lipinski definition) is 4. The highest BCUT2D eigenvalue weighted by atomic mass is 127. The fourth-order valence-corrected chi connectivity index (χ4v) is 3.87. The second-order valence-corrected chi connectivity index (χ2v) is 7.32. The summed E-state index contributed by atoms with van der Waals surface area (Å²) in [5, 5.41) is 13.6. The highest BCUT2D eigenvalue weighted by Gasteiger charge is 2.57. The van der Waals surface area contributed by atoms with Gasteiger partial charge in [0.05, 0.1) is 0 Å². The Kier molecular flexibility index (Phi) is 10.3. The molecule has 2 N–H and O–H groups in total. The van der Waals surface area contributed by atoms with Crippen molar-refractivity contribution in [3.05, 3.63) is 18.2 Å². The monoisotopic (exact) mass is 546 g/mol. The predicted molar refractivity (Wildman–Crippen MR) is 122 cm³/mol. The van der Waals surface area contributed by atoms with Crippen molar-refractivity contribution in [2.75, 3.05) is 39.3 Å². The van der Waals surface area contributed by atoms with Crippen LogP contribution in [0.5, 0.6) is 0 Å². The molecule has 7 nitrogen and oxygen atoms in total. The molecule has 0 amide bonds. The molecule has 1 aromatic heterocycles. The van der Waals surface area contributed by atoms with Crippen molar-refractivity contribution in [1.82, 2.24) is 24.7 Å². The van der Waals surface area contributed by atoms with Gasteiger partial charge < -0.3 is 19.9 Å². The first-order chi connectivity index (χ1) is 13.7. The molecule has 1 aliphatic rings. The number of imidazole rings is 1. The summed E-state index contributed by atoms with van der Waals surface area (Å²) in [5.74, 6) is 0.166. The standard InChI is InChI=1S/C19H33F3N6O.HI/c1-5-23-17(28-12-8-15(14-28)27(6-2)7-3)25-10-9-18(29,19(20,21)22)16-24-11-13-26(16)4;/h11,13,15,29H,5-10,12,14H2,1-4H3,(H,23,25);1H. The molecule has 1 aromatic rings. The van der Waals surface area contributed by atoms with Gasteiger partial charge in [-0.2, -0.15) is 13.2 Å². The molecule has 0 bridgehead atoms. The van der Waals surface area contributed by atoms with E-state index in [0.717, 1.165) is 32.6 Å². The highest BCUT2D eigenvalue weighted by Crippen LogP contribution is 2.40. The van der Waals surface area contributed by atoms with Crippen LogP contribution in [-0.4, -0.2) is 81.9 Å². The van der Waals surface area contributed by atoms with Crippen LogP contribution in [0.3, 0.4) is 0 Å². The molecule has 0 radical (unpaired) electrons. The molecule has 174 valence electrons. The summed E-state index contributed by atoms with van der Waals surface area (Å²) in [5.41, 5.74) is -3.04. The molecule has 2 heterocycles. The molecule has 2 rings (SSSR count). The molecule has 0 spiro atoms. The fourth-order valence-electron chi connectivity index (χ4n) is 3.87. The highest BCUT2D eigenvalue weighted by molar-refractivity contribution is 14.0. The van der Waals surface area contributed by atoms with Crippen molar-refractivity contribution in [2.24, 2.45) is 12.0 Å². The minimum atomic E-state index is -4.85. The molecule has 0 aliphatic carbocycles. The van der Waals surface area contributed by atoms with E-state index in [1.165, 1.54) is 24.0 Å². The number of guanidine groups is 1. The third-order valence-corrected chi connectivity index (χ3v) is 5.52. The maximum Gasteiger partial charge on any atom is 0.424 e. The Labute approximate surface area is 193 Å². The zero-order chi connectivity index (χ0) is 21.7. The van der Waals surface area contributed by atoms with E-state index in [1.807, 2.05) is 6.92 Å². The number of hydrogen-bond donors (Lipinski definition) is 2. The zero-order valence-corrected chi connectivity index (χ0v) is 20.4. The van der Waals surface area contributed by atoms with Gasteiger partial charge in [-0.3, -0.25) is 9.89 Å². The number of nitrogens with zero attached hydrogens (tertiary/aromatic N) is 5. The number of aliphatic hydroxyl groups is 1. The first kappa shape index (κ1) is 27.0. The van der Waals surface area contributed by atoms with E-state index in [4.69, 9.17) is 0 Å². The van der Waals surface area contributed by atoms with Gasteiger partial charge in [-0.1, -0.05) is 13.8 Å². The SMILES string of the molecule is CCNC(=NCCC(O)(c1nccn1C)C(F)(F)F)N1CCC(N(CC)CC)C1.I. The molecule has 30 heavy (non-hydrogen) atoms. The average molecular weight is 546 g/mol. The van der Waals surface area contributed by atoms with Gasteiger partial charge in [0.1, 0.15) is 5.82 Å². The quantitative estimate of drug-likeness (QED) is 0.298. The molecule has 11 heteroatoms. The molecule has 1 fully saturated rings. The minimum Gasteiger partial charge on any atom is -0.374 e. The van der Waals surface area contributed by atoms with Crippen LogP contribution in [0.25, 0.3) is 0 Å². The summed E-state index contributed by atoms with van der Waals surface area (Å²) in [6.07, 6.45) is -1.81. The van der Waals surface area contributed by atoms with Crippen molar-refractivity contribution < 1.29 is 18.3 Å². The molecular formula is C19H34F3IN6O. The fraction of sp³-hybridized carbons (Fsp3) is 0.789. The van der Waals surface area contributed by atoms with E-state index < -0.39 is 24.0 Å². The third kappa shape index (κ3) is 6.00. The van der Waals surface area contributed by atoms with Gasteiger partial charge in [-0.15, -0.1) is 24.0 Å². The largest absolute Gasteiger partial charge is 0.424 e. The van der Waals surface area contributed by atoms with Crippen LogP contribution in [0, 0.1) is 0 Å². The summed E-state index contributed by atoms with van der Waals surface area (Å²) < 4.78 is 42.2. The van der Waals surface area contributed by atoms with Gasteiger partial charge in [0.25, 0.3) is 0 Å². The maximum absolute atomic E-state index is 13.7. The number of aliphatic imine (C=N–C) groups is 1. The number of aryl methyl sites for hydroxylation is 1. The minimum absolute atomic E-state index is 0. The predicted octanol–water partition coefficient (Wildman–Crippen LogP) is 2.56. The molecular weight excluding hydrogens is 512 g/mol. The molecule has 0 aromatic carbocycles. The lowest BCUT2D eigenvalue weighted by atomic mass is 9.98. The maximum atomic E-state index is 13.7. The summed E-state index contributed by atoms with van der Waals surface area (Å²) >= 11 is 0. The first-order valence-corrected chi connectivity index (χ1v) is 10.2. The number of nitrogens with one attached hydrogen (secondary N) is 1. The van der Waals surface area contributed by atoms with E-state index in [0.29, 0.717) is 18.5 Å². The molecule has 0 saturated carbocycles. The molecule has 1 aliphatic heterocycles. The van der Waals surface area contributed by atoms with Gasteiger partial charge in [0, 0.05) is 58.1 Å². The number of rotatable bonds is 8. The number of likely N-dealkylation sites (N-methyl/N-ethyl adjacent to an activating group) is 1. The average Bonchev–Trinajstić information content (AvgIpc) is 3.30. The summed E-state index contributed by atoms with van der Waals surface area (Å²) in [7, 11) is 1.43. The Morgan fingerprint density at radius 3 is 2.50 bits per heavy atom. The van der Waals surface area contributed by atoms with E-state index in [1.54, 1.807) is 0 Å². The Morgan fingerprint density at radius 2 is 2.00 bits per heavy atom. The third-order valence-electron chi connectivity index (χ3n) is 5.52. The lowest BCUT2D eigenvalue weighted by molar-refractivity contribution is -0.272. The van der Waals surface area contributed by atoms with E-state index in [2.05, 4.69) is 38.9 Å². The Morgan fingerprint density at radius 1 is 1.33 bits per heavy atom. The number of alkyl halides is 3. The molecule has 2 atom stereocenters. The van der Waals surface area contributed by atoms with Gasteiger partial charge >= 0.3 is 6.18 Å². The lowest BCUT2D eigenvalue weighted by Gasteiger charge is -2.30. The van der Waals surface area contributed by atoms with Crippen LogP contribution in [-0.2, 0) is 12.6 Å². The Bertz CT molecular complexity index is 679. The van der Waals surface area contributed by atoms with Crippen LogP contribution < -0.4 is 5.32 Å². The van der Waals surface area contributed by atoms with Gasteiger partial charge in [-0.05, 0) is 26.4 Å². The Balaban J connectivity index is 0.00000450. The summed E-state index contributed by atoms with van der Waals surface area (Å²) in [4.78, 5) is 12.6. The van der Waals surface area contributed by atoms with E-state index in [9.17, 15) is 18.3 Å². The van der Waals surface area contributed by atoms with Crippen molar-refractivity contribution in [3.8, 4) is 0 Å². The van der Waals surface area contributed by atoms with Crippen LogP contribution in [0.2, 0.25) is 0 Å². The number of aromatic nitrogens is 2. The van der Waals surface area contributed by atoms with E-state index >= 15 is 0 Å². The smallest absolute Gasteiger partial charge is 0.374 e. The molecule has 1 saturated heterocycles. The van der Waals surface area contributed by atoms with Gasteiger partial charge in [0.15, 0.2) is 5.96 Å². The number of halogens is 4. The number of likely N-dealkylation sites (tertiary alicyclic amines) is 1. The summed E-state index contributed by atoms with van der Waals surface area (Å²) in [6, 6.07) is 0.411.